The summed E-state index contributed by atoms with van der Waals surface area (Å²) in [7, 11) is -2.07. The Balaban J connectivity index is 2.11. The van der Waals surface area contributed by atoms with Crippen LogP contribution in [0.3, 0.4) is 0 Å². The van der Waals surface area contributed by atoms with E-state index in [2.05, 4.69) is 5.32 Å². The van der Waals surface area contributed by atoms with Crippen LogP contribution in [-0.4, -0.2) is 15.5 Å². The lowest BCUT2D eigenvalue weighted by Crippen LogP contribution is -2.12. The van der Waals surface area contributed by atoms with E-state index in [0.29, 0.717) is 12.2 Å². The van der Waals surface area contributed by atoms with Crippen LogP contribution in [0.4, 0.5) is 5.69 Å². The number of hydrogen-bond donors (Lipinski definition) is 2. The Morgan fingerprint density at radius 2 is 1.90 bits per heavy atom. The van der Waals surface area contributed by atoms with E-state index in [4.69, 9.17) is 9.88 Å². The Hall–Kier alpha value is -2.05. The first-order valence-corrected chi connectivity index (χ1v) is 7.53. The summed E-state index contributed by atoms with van der Waals surface area (Å²) in [5.41, 5.74) is 1.73. The molecule has 0 aliphatic rings. The standard InChI is InChI=1S/C14H16N2O3S/c1-19-13-6-2-4-11(8-13)10-16-12-5-3-7-14(9-12)20(15,17)18/h2-9,16H,10H2,1H3,(H2,15,17,18). The molecule has 2 aromatic carbocycles. The number of anilines is 1. The zero-order chi connectivity index (χ0) is 14.6. The summed E-state index contributed by atoms with van der Waals surface area (Å²) in [5.74, 6) is 0.780. The van der Waals surface area contributed by atoms with Gasteiger partial charge in [-0.05, 0) is 35.9 Å². The third kappa shape index (κ3) is 3.72. The molecule has 106 valence electrons. The number of rotatable bonds is 5. The maximum Gasteiger partial charge on any atom is 0.238 e. The molecule has 2 rings (SSSR count). The molecule has 0 atom stereocenters. The normalized spacial score (nSPS) is 11.1. The van der Waals surface area contributed by atoms with Gasteiger partial charge in [-0.3, -0.25) is 0 Å². The summed E-state index contributed by atoms with van der Waals surface area (Å²) < 4.78 is 27.7. The highest BCUT2D eigenvalue weighted by Crippen LogP contribution is 2.17. The van der Waals surface area contributed by atoms with Crippen molar-refractivity contribution in [2.45, 2.75) is 11.4 Å². The fourth-order valence-electron chi connectivity index (χ4n) is 1.77. The molecule has 0 amide bonds. The Labute approximate surface area is 118 Å². The molecule has 0 fully saturated rings. The van der Waals surface area contributed by atoms with E-state index in [1.165, 1.54) is 12.1 Å². The molecular weight excluding hydrogens is 276 g/mol. The number of nitrogens with one attached hydrogen (secondary N) is 1. The zero-order valence-corrected chi connectivity index (χ0v) is 11.9. The highest BCUT2D eigenvalue weighted by Gasteiger charge is 2.07. The molecule has 0 unspecified atom stereocenters. The lowest BCUT2D eigenvalue weighted by molar-refractivity contribution is 0.414. The van der Waals surface area contributed by atoms with Crippen molar-refractivity contribution in [3.8, 4) is 5.75 Å². The van der Waals surface area contributed by atoms with Gasteiger partial charge in [0.05, 0.1) is 12.0 Å². The van der Waals surface area contributed by atoms with Gasteiger partial charge >= 0.3 is 0 Å². The minimum atomic E-state index is -3.68. The fraction of sp³-hybridized carbons (Fsp3) is 0.143. The predicted octanol–water partition coefficient (Wildman–Crippen LogP) is 1.95. The van der Waals surface area contributed by atoms with Crippen LogP contribution in [0.25, 0.3) is 0 Å². The van der Waals surface area contributed by atoms with Gasteiger partial charge < -0.3 is 10.1 Å². The average Bonchev–Trinajstić information content (AvgIpc) is 2.45. The van der Waals surface area contributed by atoms with Crippen LogP contribution >= 0.6 is 0 Å². The van der Waals surface area contributed by atoms with Gasteiger partial charge in [0.2, 0.25) is 10.0 Å². The molecule has 20 heavy (non-hydrogen) atoms. The van der Waals surface area contributed by atoms with Crippen LogP contribution in [0, 0.1) is 0 Å². The predicted molar refractivity (Wildman–Crippen MR) is 78.1 cm³/mol. The smallest absolute Gasteiger partial charge is 0.238 e. The molecular formula is C14H16N2O3S. The highest BCUT2D eigenvalue weighted by molar-refractivity contribution is 7.89. The molecule has 2 aromatic rings. The number of nitrogens with two attached hydrogens (primary N) is 1. The molecule has 0 aromatic heterocycles. The van der Waals surface area contributed by atoms with Crippen molar-refractivity contribution in [3.63, 3.8) is 0 Å². The van der Waals surface area contributed by atoms with E-state index in [1.807, 2.05) is 24.3 Å². The van der Waals surface area contributed by atoms with Crippen molar-refractivity contribution in [1.29, 1.82) is 0 Å². The average molecular weight is 292 g/mol. The minimum Gasteiger partial charge on any atom is -0.497 e. The Bertz CT molecular complexity index is 699. The van der Waals surface area contributed by atoms with Gasteiger partial charge in [-0.1, -0.05) is 18.2 Å². The molecule has 0 saturated heterocycles. The molecule has 0 aliphatic heterocycles. The summed E-state index contributed by atoms with van der Waals surface area (Å²) in [6.07, 6.45) is 0. The maximum atomic E-state index is 11.3. The van der Waals surface area contributed by atoms with E-state index in [1.54, 1.807) is 19.2 Å². The highest BCUT2D eigenvalue weighted by atomic mass is 32.2. The lowest BCUT2D eigenvalue weighted by Gasteiger charge is -2.09. The van der Waals surface area contributed by atoms with Crippen LogP contribution < -0.4 is 15.2 Å². The molecule has 5 nitrogen and oxygen atoms in total. The number of benzene rings is 2. The van der Waals surface area contributed by atoms with Crippen molar-refractivity contribution in [2.75, 3.05) is 12.4 Å². The second-order valence-corrected chi connectivity index (χ2v) is 5.84. The molecule has 6 heteroatoms. The molecule has 0 heterocycles. The third-order valence-electron chi connectivity index (χ3n) is 2.79. The largest absolute Gasteiger partial charge is 0.497 e. The van der Waals surface area contributed by atoms with Gasteiger partial charge in [0.1, 0.15) is 5.75 Å². The summed E-state index contributed by atoms with van der Waals surface area (Å²) >= 11 is 0. The summed E-state index contributed by atoms with van der Waals surface area (Å²) in [6, 6.07) is 14.0. The van der Waals surface area contributed by atoms with Crippen molar-refractivity contribution < 1.29 is 13.2 Å². The molecule has 0 radical (unpaired) electrons. The molecule has 0 saturated carbocycles. The van der Waals surface area contributed by atoms with Gasteiger partial charge in [0.15, 0.2) is 0 Å². The van der Waals surface area contributed by atoms with Crippen LogP contribution in [-0.2, 0) is 16.6 Å². The van der Waals surface area contributed by atoms with Gasteiger partial charge in [0.25, 0.3) is 0 Å². The second kappa shape index (κ2) is 5.94. The maximum absolute atomic E-state index is 11.3. The first-order valence-electron chi connectivity index (χ1n) is 5.99. The van der Waals surface area contributed by atoms with E-state index in [-0.39, 0.29) is 4.90 Å². The van der Waals surface area contributed by atoms with Crippen LogP contribution in [0.1, 0.15) is 5.56 Å². The van der Waals surface area contributed by atoms with Gasteiger partial charge in [-0.15, -0.1) is 0 Å². The van der Waals surface area contributed by atoms with Gasteiger partial charge in [-0.2, -0.15) is 0 Å². The Morgan fingerprint density at radius 1 is 1.15 bits per heavy atom. The van der Waals surface area contributed by atoms with E-state index < -0.39 is 10.0 Å². The van der Waals surface area contributed by atoms with E-state index >= 15 is 0 Å². The number of sulfonamides is 1. The lowest BCUT2D eigenvalue weighted by atomic mass is 10.2. The monoisotopic (exact) mass is 292 g/mol. The number of hydrogen-bond acceptors (Lipinski definition) is 4. The van der Waals surface area contributed by atoms with Gasteiger partial charge in [0, 0.05) is 12.2 Å². The van der Waals surface area contributed by atoms with Crippen molar-refractivity contribution in [1.82, 2.24) is 0 Å². The quantitative estimate of drug-likeness (QED) is 0.882. The topological polar surface area (TPSA) is 81.4 Å². The first-order chi connectivity index (χ1) is 9.49. The Kier molecular flexibility index (Phi) is 4.26. The molecule has 0 bridgehead atoms. The Morgan fingerprint density at radius 3 is 2.60 bits per heavy atom. The third-order valence-corrected chi connectivity index (χ3v) is 3.70. The fourth-order valence-corrected chi connectivity index (χ4v) is 2.33. The zero-order valence-electron chi connectivity index (χ0n) is 11.0. The van der Waals surface area contributed by atoms with Crippen molar-refractivity contribution in [2.24, 2.45) is 5.14 Å². The second-order valence-electron chi connectivity index (χ2n) is 4.28. The molecule has 3 N–H and O–H groups in total. The van der Waals surface area contributed by atoms with Crippen LogP contribution in [0.15, 0.2) is 53.4 Å². The number of methoxy groups -OCH3 is 1. The van der Waals surface area contributed by atoms with Crippen molar-refractivity contribution >= 4 is 15.7 Å². The van der Waals surface area contributed by atoms with Crippen molar-refractivity contribution in [3.05, 3.63) is 54.1 Å². The summed E-state index contributed by atoms with van der Waals surface area (Å²) in [4.78, 5) is 0.0909. The molecule has 0 spiro atoms. The number of ether oxygens (including phenoxy) is 1. The SMILES string of the molecule is COc1cccc(CNc2cccc(S(N)(=O)=O)c2)c1. The van der Waals surface area contributed by atoms with Crippen LogP contribution in [0.5, 0.6) is 5.75 Å². The number of primary sulfonamides is 1. The summed E-state index contributed by atoms with van der Waals surface area (Å²) in [5, 5.41) is 8.25. The van der Waals surface area contributed by atoms with Crippen LogP contribution in [0.2, 0.25) is 0 Å². The van der Waals surface area contributed by atoms with Gasteiger partial charge in [-0.25, -0.2) is 13.6 Å². The summed E-state index contributed by atoms with van der Waals surface area (Å²) in [6.45, 7) is 0.561. The molecule has 0 aliphatic carbocycles. The first kappa shape index (κ1) is 14.4. The minimum absolute atomic E-state index is 0.0909. The van der Waals surface area contributed by atoms with E-state index in [0.717, 1.165) is 11.3 Å². The van der Waals surface area contributed by atoms with E-state index in [9.17, 15) is 8.42 Å².